The van der Waals surface area contributed by atoms with Crippen LogP contribution in [-0.4, -0.2) is 13.0 Å². The number of anilines is 2. The Morgan fingerprint density at radius 3 is 2.67 bits per heavy atom. The lowest BCUT2D eigenvalue weighted by atomic mass is 10.2. The van der Waals surface area contributed by atoms with Crippen LogP contribution in [0, 0.1) is 11.6 Å². The maximum atomic E-state index is 13.2. The van der Waals surface area contributed by atoms with Gasteiger partial charge in [0.25, 0.3) is 0 Å². The molecule has 1 amide bonds. The molecule has 0 aliphatic heterocycles. The van der Waals surface area contributed by atoms with Crippen molar-refractivity contribution in [2.45, 2.75) is 0 Å². The Morgan fingerprint density at radius 1 is 1.47 bits per heavy atom. The van der Waals surface area contributed by atoms with Crippen LogP contribution in [0.5, 0.6) is 0 Å². The third-order valence-electron chi connectivity index (χ3n) is 1.79. The molecule has 3 nitrogen and oxygen atoms in total. The summed E-state index contributed by atoms with van der Waals surface area (Å²) < 4.78 is 26.0. The van der Waals surface area contributed by atoms with E-state index < -0.39 is 17.5 Å². The van der Waals surface area contributed by atoms with E-state index in [1.54, 1.807) is 0 Å². The molecule has 80 valence electrons. The molecular weight excluding hydrogens is 202 g/mol. The summed E-state index contributed by atoms with van der Waals surface area (Å²) in [6.45, 7) is 3.25. The van der Waals surface area contributed by atoms with Gasteiger partial charge in [0, 0.05) is 7.05 Å². The maximum absolute atomic E-state index is 13.2. The van der Waals surface area contributed by atoms with Crippen molar-refractivity contribution in [2.75, 3.05) is 17.7 Å². The molecule has 5 heteroatoms. The second-order valence-corrected chi connectivity index (χ2v) is 2.73. The highest BCUT2D eigenvalue weighted by molar-refractivity contribution is 6.01. The first-order chi connectivity index (χ1) is 7.10. The van der Waals surface area contributed by atoms with Crippen molar-refractivity contribution >= 4 is 17.3 Å². The predicted octanol–water partition coefficient (Wildman–Crippen LogP) is 2.13. The molecule has 0 saturated heterocycles. The van der Waals surface area contributed by atoms with Crippen LogP contribution >= 0.6 is 0 Å². The molecule has 15 heavy (non-hydrogen) atoms. The van der Waals surface area contributed by atoms with Gasteiger partial charge in [0.15, 0.2) is 11.6 Å². The van der Waals surface area contributed by atoms with Gasteiger partial charge in [-0.05, 0) is 18.2 Å². The number of carbonyl (C=O) groups excluding carboxylic acids is 1. The second-order valence-electron chi connectivity index (χ2n) is 2.73. The van der Waals surface area contributed by atoms with E-state index in [1.807, 2.05) is 0 Å². The summed E-state index contributed by atoms with van der Waals surface area (Å²) in [4.78, 5) is 11.0. The Kier molecular flexibility index (Phi) is 3.38. The van der Waals surface area contributed by atoms with Crippen LogP contribution in [0.4, 0.5) is 20.2 Å². The topological polar surface area (TPSA) is 41.1 Å². The lowest BCUT2D eigenvalue weighted by Gasteiger charge is -2.10. The molecule has 0 bridgehead atoms. The second kappa shape index (κ2) is 4.54. The molecule has 1 rings (SSSR count). The van der Waals surface area contributed by atoms with Gasteiger partial charge < -0.3 is 10.6 Å². The van der Waals surface area contributed by atoms with E-state index in [9.17, 15) is 13.6 Å². The molecule has 0 fully saturated rings. The molecule has 0 aromatic heterocycles. The maximum Gasteiger partial charge on any atom is 0.247 e. The molecule has 0 unspecified atom stereocenters. The van der Waals surface area contributed by atoms with Gasteiger partial charge in [0.05, 0.1) is 11.4 Å². The normalized spacial score (nSPS) is 9.53. The Morgan fingerprint density at radius 2 is 2.13 bits per heavy atom. The quantitative estimate of drug-likeness (QED) is 0.753. The Bertz CT molecular complexity index is 405. The van der Waals surface area contributed by atoms with E-state index in [0.717, 1.165) is 12.1 Å². The van der Waals surface area contributed by atoms with Gasteiger partial charge >= 0.3 is 0 Å². The van der Waals surface area contributed by atoms with Crippen LogP contribution in [-0.2, 0) is 4.79 Å². The van der Waals surface area contributed by atoms with Crippen molar-refractivity contribution in [3.63, 3.8) is 0 Å². The fourth-order valence-electron chi connectivity index (χ4n) is 1.08. The molecule has 0 saturated carbocycles. The van der Waals surface area contributed by atoms with Gasteiger partial charge in [-0.25, -0.2) is 8.78 Å². The van der Waals surface area contributed by atoms with Gasteiger partial charge in [-0.15, -0.1) is 0 Å². The van der Waals surface area contributed by atoms with Gasteiger partial charge in [-0.1, -0.05) is 6.58 Å². The molecule has 0 radical (unpaired) electrons. The smallest absolute Gasteiger partial charge is 0.247 e. The first-order valence-corrected chi connectivity index (χ1v) is 4.19. The Hall–Kier alpha value is -1.91. The molecule has 0 heterocycles. The number of amides is 1. The minimum atomic E-state index is -1.03. The zero-order chi connectivity index (χ0) is 11.4. The number of benzene rings is 1. The molecule has 0 atom stereocenters. The largest absolute Gasteiger partial charge is 0.384 e. The highest BCUT2D eigenvalue weighted by atomic mass is 19.2. The van der Waals surface area contributed by atoms with Gasteiger partial charge in [-0.2, -0.15) is 0 Å². The first-order valence-electron chi connectivity index (χ1n) is 4.19. The highest BCUT2D eigenvalue weighted by Crippen LogP contribution is 2.26. The average Bonchev–Trinajstić information content (AvgIpc) is 2.24. The summed E-state index contributed by atoms with van der Waals surface area (Å²) in [7, 11) is 1.43. The van der Waals surface area contributed by atoms with Gasteiger partial charge in [0.1, 0.15) is 0 Å². The fraction of sp³-hybridized carbons (Fsp3) is 0.100. The van der Waals surface area contributed by atoms with Crippen molar-refractivity contribution < 1.29 is 13.6 Å². The zero-order valence-electron chi connectivity index (χ0n) is 8.10. The van der Waals surface area contributed by atoms with E-state index >= 15 is 0 Å². The first kappa shape index (κ1) is 11.2. The molecule has 1 aromatic rings. The van der Waals surface area contributed by atoms with Gasteiger partial charge in [-0.3, -0.25) is 4.79 Å². The molecule has 0 aliphatic carbocycles. The molecule has 0 aliphatic rings. The third kappa shape index (κ3) is 2.31. The number of carbonyl (C=O) groups is 1. The summed E-state index contributed by atoms with van der Waals surface area (Å²) in [6.07, 6.45) is 1.04. The van der Waals surface area contributed by atoms with E-state index in [0.29, 0.717) is 0 Å². The van der Waals surface area contributed by atoms with Crippen LogP contribution in [0.25, 0.3) is 0 Å². The average molecular weight is 212 g/mol. The number of nitrogens with one attached hydrogen (secondary N) is 2. The Labute approximate surface area is 85.8 Å². The van der Waals surface area contributed by atoms with Crippen molar-refractivity contribution in [3.8, 4) is 0 Å². The fourth-order valence-corrected chi connectivity index (χ4v) is 1.08. The van der Waals surface area contributed by atoms with Crippen molar-refractivity contribution in [3.05, 3.63) is 36.4 Å². The van der Waals surface area contributed by atoms with E-state index in [1.165, 1.54) is 13.1 Å². The number of hydrogen-bond donors (Lipinski definition) is 2. The van der Waals surface area contributed by atoms with Crippen molar-refractivity contribution in [1.82, 2.24) is 0 Å². The number of hydrogen-bond acceptors (Lipinski definition) is 2. The van der Waals surface area contributed by atoms with Gasteiger partial charge in [0.2, 0.25) is 5.91 Å². The molecule has 2 N–H and O–H groups in total. The monoisotopic (exact) mass is 212 g/mol. The predicted molar refractivity (Wildman–Crippen MR) is 54.7 cm³/mol. The molecule has 1 aromatic carbocycles. The summed E-state index contributed by atoms with van der Waals surface area (Å²) in [5.74, 6) is -2.49. The highest BCUT2D eigenvalue weighted by Gasteiger charge is 2.12. The summed E-state index contributed by atoms with van der Waals surface area (Å²) in [5.41, 5.74) is 0.0755. The summed E-state index contributed by atoms with van der Waals surface area (Å²) in [6, 6.07) is 2.21. The van der Waals surface area contributed by atoms with E-state index in [2.05, 4.69) is 17.2 Å². The van der Waals surface area contributed by atoms with Crippen LogP contribution in [0.15, 0.2) is 24.8 Å². The molecule has 0 spiro atoms. The van der Waals surface area contributed by atoms with E-state index in [4.69, 9.17) is 0 Å². The standard InChI is InChI=1S/C10H10F2N2O/c1-3-8(15)14-7-5-4-6(11)9(12)10(7)13-2/h3-5,13H,1H2,2H3,(H,14,15). The summed E-state index contributed by atoms with van der Waals surface area (Å²) >= 11 is 0. The molecular formula is C10H10F2N2O. The van der Waals surface area contributed by atoms with Crippen molar-refractivity contribution in [1.29, 1.82) is 0 Å². The zero-order valence-corrected chi connectivity index (χ0v) is 8.10. The van der Waals surface area contributed by atoms with E-state index in [-0.39, 0.29) is 11.4 Å². The number of halogens is 2. The Balaban J connectivity index is 3.13. The lowest BCUT2D eigenvalue weighted by Crippen LogP contribution is -2.10. The van der Waals surface area contributed by atoms with Crippen LogP contribution in [0.1, 0.15) is 0 Å². The van der Waals surface area contributed by atoms with Crippen LogP contribution < -0.4 is 10.6 Å². The minimum absolute atomic E-state index is 0.0924. The van der Waals surface area contributed by atoms with Crippen molar-refractivity contribution in [2.24, 2.45) is 0 Å². The lowest BCUT2D eigenvalue weighted by molar-refractivity contribution is -0.111. The summed E-state index contributed by atoms with van der Waals surface area (Å²) in [5, 5.41) is 4.82. The van der Waals surface area contributed by atoms with Crippen LogP contribution in [0.2, 0.25) is 0 Å². The minimum Gasteiger partial charge on any atom is -0.384 e. The van der Waals surface area contributed by atoms with Crippen LogP contribution in [0.3, 0.4) is 0 Å². The third-order valence-corrected chi connectivity index (χ3v) is 1.79. The number of rotatable bonds is 3. The SMILES string of the molecule is C=CC(=O)Nc1ccc(F)c(F)c1NC.